The van der Waals surface area contributed by atoms with Crippen LogP contribution in [0.3, 0.4) is 0 Å². The molecule has 0 aromatic carbocycles. The van der Waals surface area contributed by atoms with Crippen LogP contribution in [0.2, 0.25) is 0 Å². The van der Waals surface area contributed by atoms with Crippen LogP contribution in [0.15, 0.2) is 23.7 Å². The van der Waals surface area contributed by atoms with Gasteiger partial charge in [0.1, 0.15) is 5.01 Å². The second-order valence-electron chi connectivity index (χ2n) is 4.29. The maximum absolute atomic E-state index is 4.26. The van der Waals surface area contributed by atoms with Gasteiger partial charge in [0, 0.05) is 11.8 Å². The summed E-state index contributed by atoms with van der Waals surface area (Å²) in [4.78, 5) is 4.26. The Hall–Kier alpha value is -0.890. The van der Waals surface area contributed by atoms with Crippen LogP contribution < -0.4 is 0 Å². The van der Waals surface area contributed by atoms with Crippen LogP contribution in [0.25, 0.3) is 10.6 Å². The summed E-state index contributed by atoms with van der Waals surface area (Å²) in [6, 6.07) is 4.31. The Morgan fingerprint density at radius 2 is 2.08 bits per heavy atom. The van der Waals surface area contributed by atoms with Gasteiger partial charge in [-0.1, -0.05) is 20.8 Å². The summed E-state index contributed by atoms with van der Waals surface area (Å²) in [5.74, 6) is 0. The fraction of sp³-hybridized carbons (Fsp3) is 0.364. The minimum Gasteiger partial charge on any atom is -0.245 e. The van der Waals surface area contributed by atoms with Gasteiger partial charge in [-0.3, -0.25) is 0 Å². The third kappa shape index (κ3) is 1.59. The number of hydrogen-bond acceptors (Lipinski definition) is 2. The van der Waals surface area contributed by atoms with Crippen molar-refractivity contribution in [2.75, 3.05) is 0 Å². The zero-order chi connectivity index (χ0) is 9.47. The predicted octanol–water partition coefficient (Wildman–Crippen LogP) is 3.55. The van der Waals surface area contributed by atoms with Crippen molar-refractivity contribution in [1.82, 2.24) is 4.98 Å². The molecule has 2 heterocycles. The normalized spacial score (nSPS) is 12.2. The molecule has 0 saturated heterocycles. The molecule has 0 atom stereocenters. The van der Waals surface area contributed by atoms with Gasteiger partial charge in [0.2, 0.25) is 0 Å². The standard InChI is InChI=1S/C11H13NS/c1-11(2,3)9-6-8-4-5-12-10(8)13-7-9/h4-7H,1-3H3. The largest absolute Gasteiger partial charge is 0.245 e. The van der Waals surface area contributed by atoms with Gasteiger partial charge in [0.25, 0.3) is 0 Å². The Bertz CT molecular complexity index is 384. The molecule has 1 nitrogen and oxygen atoms in total. The van der Waals surface area contributed by atoms with Crippen molar-refractivity contribution in [3.63, 3.8) is 0 Å². The fourth-order valence-electron chi connectivity index (χ4n) is 1.25. The summed E-state index contributed by atoms with van der Waals surface area (Å²) in [7, 11) is 0. The van der Waals surface area contributed by atoms with E-state index in [1.54, 1.807) is 11.3 Å². The van der Waals surface area contributed by atoms with Crippen molar-refractivity contribution in [1.29, 1.82) is 0 Å². The highest BCUT2D eigenvalue weighted by Gasteiger charge is 2.16. The van der Waals surface area contributed by atoms with E-state index in [0.29, 0.717) is 0 Å². The Labute approximate surface area is 82.8 Å². The zero-order valence-corrected chi connectivity index (χ0v) is 8.98. The van der Waals surface area contributed by atoms with E-state index in [2.05, 4.69) is 43.3 Å². The smallest absolute Gasteiger partial charge is 0.123 e. The average molecular weight is 191 g/mol. The molecular formula is C11H13NS. The lowest BCUT2D eigenvalue weighted by Crippen LogP contribution is -2.10. The van der Waals surface area contributed by atoms with Crippen molar-refractivity contribution < 1.29 is 0 Å². The monoisotopic (exact) mass is 191 g/mol. The first-order valence-electron chi connectivity index (χ1n) is 4.41. The van der Waals surface area contributed by atoms with Crippen molar-refractivity contribution in [3.05, 3.63) is 29.3 Å². The molecule has 2 aliphatic rings. The van der Waals surface area contributed by atoms with Gasteiger partial charge in [0.15, 0.2) is 0 Å². The minimum absolute atomic E-state index is 0.238. The highest BCUT2D eigenvalue weighted by atomic mass is 32.1. The van der Waals surface area contributed by atoms with Crippen molar-refractivity contribution in [2.45, 2.75) is 26.2 Å². The molecule has 0 N–H and O–H groups in total. The Kier molecular flexibility index (Phi) is 1.88. The maximum Gasteiger partial charge on any atom is 0.123 e. The topological polar surface area (TPSA) is 12.9 Å². The Morgan fingerprint density at radius 3 is 2.77 bits per heavy atom. The van der Waals surface area contributed by atoms with Gasteiger partial charge < -0.3 is 0 Å². The summed E-state index contributed by atoms with van der Waals surface area (Å²) in [5.41, 5.74) is 2.89. The highest BCUT2D eigenvalue weighted by molar-refractivity contribution is 7.13. The number of aromatic nitrogens is 1. The van der Waals surface area contributed by atoms with Gasteiger partial charge >= 0.3 is 0 Å². The molecule has 0 amide bonds. The van der Waals surface area contributed by atoms with E-state index in [9.17, 15) is 0 Å². The maximum atomic E-state index is 4.26. The predicted molar refractivity (Wildman–Crippen MR) is 57.4 cm³/mol. The quantitative estimate of drug-likeness (QED) is 0.620. The molecule has 0 aromatic heterocycles. The molecule has 0 bridgehead atoms. The van der Waals surface area contributed by atoms with Gasteiger partial charge in [-0.25, -0.2) is 4.98 Å². The lowest BCUT2D eigenvalue weighted by atomic mass is 9.88. The minimum atomic E-state index is 0.238. The summed E-state index contributed by atoms with van der Waals surface area (Å²) in [6.07, 6.45) is 1.87. The second kappa shape index (κ2) is 2.81. The van der Waals surface area contributed by atoms with E-state index >= 15 is 0 Å². The Morgan fingerprint density at radius 1 is 1.31 bits per heavy atom. The molecule has 13 heavy (non-hydrogen) atoms. The molecule has 2 rings (SSSR count). The number of nitrogens with zero attached hydrogens (tertiary/aromatic N) is 1. The fourth-order valence-corrected chi connectivity index (χ4v) is 2.30. The van der Waals surface area contributed by atoms with Gasteiger partial charge in [-0.2, -0.15) is 0 Å². The van der Waals surface area contributed by atoms with Gasteiger partial charge in [0.05, 0.1) is 0 Å². The molecule has 68 valence electrons. The van der Waals surface area contributed by atoms with E-state index in [-0.39, 0.29) is 5.41 Å². The summed E-state index contributed by atoms with van der Waals surface area (Å²) in [5, 5.41) is 3.34. The third-order valence-corrected chi connectivity index (χ3v) is 3.10. The van der Waals surface area contributed by atoms with Crippen LogP contribution in [0.1, 0.15) is 26.3 Å². The zero-order valence-electron chi connectivity index (χ0n) is 8.16. The second-order valence-corrected chi connectivity index (χ2v) is 5.15. The first-order valence-corrected chi connectivity index (χ1v) is 5.29. The molecule has 0 radical (unpaired) electrons. The van der Waals surface area contributed by atoms with E-state index in [4.69, 9.17) is 0 Å². The molecule has 0 spiro atoms. The molecule has 2 heteroatoms. The first-order chi connectivity index (χ1) is 6.07. The van der Waals surface area contributed by atoms with Crippen LogP contribution in [0.5, 0.6) is 0 Å². The molecule has 0 fully saturated rings. The van der Waals surface area contributed by atoms with Crippen LogP contribution in [-0.2, 0) is 5.41 Å². The SMILES string of the molecule is CC(C)(C)c1csc2nccc-2c1. The number of rotatable bonds is 0. The van der Waals surface area contributed by atoms with Crippen LogP contribution in [-0.4, -0.2) is 4.98 Å². The van der Waals surface area contributed by atoms with E-state index in [0.717, 1.165) is 5.01 Å². The van der Waals surface area contributed by atoms with Gasteiger partial charge in [-0.15, -0.1) is 11.3 Å². The Balaban J connectivity index is 2.56. The first kappa shape index (κ1) is 8.70. The van der Waals surface area contributed by atoms with Gasteiger partial charge in [-0.05, 0) is 28.5 Å². The number of hydrogen-bond donors (Lipinski definition) is 0. The molecule has 0 aromatic rings. The molecule has 0 saturated carbocycles. The van der Waals surface area contributed by atoms with Crippen molar-refractivity contribution >= 4 is 11.3 Å². The van der Waals surface area contributed by atoms with Crippen LogP contribution in [0, 0.1) is 0 Å². The number of fused-ring (bicyclic) bond motifs is 1. The van der Waals surface area contributed by atoms with E-state index < -0.39 is 0 Å². The van der Waals surface area contributed by atoms with Crippen molar-refractivity contribution in [3.8, 4) is 10.6 Å². The lowest BCUT2D eigenvalue weighted by Gasteiger charge is -2.19. The molecule has 0 unspecified atom stereocenters. The highest BCUT2D eigenvalue weighted by Crippen LogP contribution is 2.31. The third-order valence-electron chi connectivity index (χ3n) is 2.17. The summed E-state index contributed by atoms with van der Waals surface area (Å²) in [6.45, 7) is 6.70. The van der Waals surface area contributed by atoms with Crippen molar-refractivity contribution in [2.24, 2.45) is 0 Å². The van der Waals surface area contributed by atoms with E-state index in [1.807, 2.05) is 6.20 Å². The molecule has 0 aliphatic carbocycles. The summed E-state index contributed by atoms with van der Waals surface area (Å²) < 4.78 is 0. The van der Waals surface area contributed by atoms with Crippen LogP contribution >= 0.6 is 11.3 Å². The van der Waals surface area contributed by atoms with Crippen LogP contribution in [0.4, 0.5) is 0 Å². The average Bonchev–Trinajstić information content (AvgIpc) is 2.47. The van der Waals surface area contributed by atoms with E-state index in [1.165, 1.54) is 11.1 Å². The summed E-state index contributed by atoms with van der Waals surface area (Å²) >= 11 is 1.73. The lowest BCUT2D eigenvalue weighted by molar-refractivity contribution is 0.592. The molecular weight excluding hydrogens is 178 g/mol. The molecule has 2 aliphatic heterocycles.